The molecule has 36 heavy (non-hydrogen) atoms. The van der Waals surface area contributed by atoms with Gasteiger partial charge in [-0.25, -0.2) is 4.98 Å². The number of carbonyl (C=O) groups is 1. The molecule has 1 N–H and O–H groups in total. The minimum absolute atomic E-state index is 0.237. The first kappa shape index (κ1) is 24.0. The Morgan fingerprint density at radius 3 is 2.33 bits per heavy atom. The fourth-order valence-electron chi connectivity index (χ4n) is 5.10. The number of hydrogen-bond donors (Lipinski definition) is 1. The van der Waals surface area contributed by atoms with Gasteiger partial charge in [0.05, 0.1) is 23.7 Å². The Hall–Kier alpha value is -3.70. The van der Waals surface area contributed by atoms with E-state index in [2.05, 4.69) is 11.1 Å². The van der Waals surface area contributed by atoms with Gasteiger partial charge in [0.1, 0.15) is 18.5 Å². The van der Waals surface area contributed by atoms with Gasteiger partial charge in [-0.3, -0.25) is 4.79 Å². The summed E-state index contributed by atoms with van der Waals surface area (Å²) >= 11 is 0. The predicted molar refractivity (Wildman–Crippen MR) is 140 cm³/mol. The van der Waals surface area contributed by atoms with Gasteiger partial charge < -0.3 is 14.6 Å². The second kappa shape index (κ2) is 11.4. The van der Waals surface area contributed by atoms with Gasteiger partial charge in [0.15, 0.2) is 0 Å². The summed E-state index contributed by atoms with van der Waals surface area (Å²) in [6.07, 6.45) is 3.58. The van der Waals surface area contributed by atoms with Gasteiger partial charge in [-0.05, 0) is 54.2 Å². The highest BCUT2D eigenvalue weighted by Crippen LogP contribution is 2.39. The molecule has 0 aliphatic heterocycles. The molecule has 1 fully saturated rings. The number of pyridine rings is 1. The van der Waals surface area contributed by atoms with Crippen LogP contribution >= 0.6 is 0 Å². The molecule has 2 unspecified atom stereocenters. The third-order valence-electron chi connectivity index (χ3n) is 7.00. The van der Waals surface area contributed by atoms with Crippen LogP contribution < -0.4 is 4.74 Å². The van der Waals surface area contributed by atoms with E-state index in [0.29, 0.717) is 6.61 Å². The average Bonchev–Trinajstić information content (AvgIpc) is 3.46. The molecule has 0 saturated heterocycles. The van der Waals surface area contributed by atoms with Crippen molar-refractivity contribution in [1.29, 1.82) is 0 Å². The summed E-state index contributed by atoms with van der Waals surface area (Å²) in [5, 5.41) is 11.0. The first-order chi connectivity index (χ1) is 17.7. The van der Waals surface area contributed by atoms with Crippen LogP contribution in [0.15, 0.2) is 91.0 Å². The molecule has 184 valence electrons. The van der Waals surface area contributed by atoms with Crippen LogP contribution in [0.5, 0.6) is 5.75 Å². The summed E-state index contributed by atoms with van der Waals surface area (Å²) < 4.78 is 11.8. The SMILES string of the molecule is O=C(OC(CO)c1ccccc1)C(c1ccc(OCc2ccc3ccccc3n2)cc1)C1CCCC1. The fraction of sp³-hybridized carbons (Fsp3) is 0.290. The van der Waals surface area contributed by atoms with Gasteiger partial charge in [0.2, 0.25) is 0 Å². The third kappa shape index (κ3) is 5.58. The number of hydrogen-bond acceptors (Lipinski definition) is 5. The zero-order valence-corrected chi connectivity index (χ0v) is 20.3. The lowest BCUT2D eigenvalue weighted by Crippen LogP contribution is -2.25. The van der Waals surface area contributed by atoms with E-state index in [1.54, 1.807) is 0 Å². The molecule has 0 bridgehead atoms. The van der Waals surface area contributed by atoms with Crippen molar-refractivity contribution in [3.8, 4) is 5.75 Å². The van der Waals surface area contributed by atoms with Crippen LogP contribution in [-0.2, 0) is 16.1 Å². The number of aliphatic hydroxyl groups excluding tert-OH is 1. The van der Waals surface area contributed by atoms with Crippen LogP contribution in [0.1, 0.15) is 54.5 Å². The van der Waals surface area contributed by atoms with Crippen molar-refractivity contribution in [3.63, 3.8) is 0 Å². The van der Waals surface area contributed by atoms with E-state index >= 15 is 0 Å². The highest BCUT2D eigenvalue weighted by molar-refractivity contribution is 5.79. The molecule has 2 atom stereocenters. The average molecular weight is 482 g/mol. The molecule has 1 aromatic heterocycles. The standard InChI is InChI=1S/C31H31NO4/c33-20-29(23-9-2-1-3-10-23)36-31(34)30(24-11-4-5-12-24)25-15-18-27(19-16-25)35-21-26-17-14-22-8-6-7-13-28(22)32-26/h1-3,6-10,13-19,24,29-30,33H,4-5,11-12,20-21H2. The largest absolute Gasteiger partial charge is 0.487 e. The van der Waals surface area contributed by atoms with E-state index in [1.807, 2.05) is 84.9 Å². The molecule has 0 spiro atoms. The Balaban J connectivity index is 1.29. The van der Waals surface area contributed by atoms with Crippen molar-refractivity contribution >= 4 is 16.9 Å². The van der Waals surface area contributed by atoms with Gasteiger partial charge in [-0.2, -0.15) is 0 Å². The molecule has 4 aromatic rings. The van der Waals surface area contributed by atoms with E-state index < -0.39 is 6.10 Å². The number of fused-ring (bicyclic) bond motifs is 1. The molecule has 5 nitrogen and oxygen atoms in total. The van der Waals surface area contributed by atoms with Crippen molar-refractivity contribution in [2.24, 2.45) is 5.92 Å². The quantitative estimate of drug-likeness (QED) is 0.282. The Morgan fingerprint density at radius 1 is 0.861 bits per heavy atom. The van der Waals surface area contributed by atoms with Crippen LogP contribution in [0, 0.1) is 5.92 Å². The molecule has 1 saturated carbocycles. The first-order valence-electron chi connectivity index (χ1n) is 12.6. The number of nitrogens with zero attached hydrogens (tertiary/aromatic N) is 1. The highest BCUT2D eigenvalue weighted by atomic mass is 16.6. The van der Waals surface area contributed by atoms with Crippen LogP contribution in [-0.4, -0.2) is 22.7 Å². The van der Waals surface area contributed by atoms with Crippen molar-refractivity contribution in [3.05, 3.63) is 108 Å². The Morgan fingerprint density at radius 2 is 1.58 bits per heavy atom. The second-order valence-corrected chi connectivity index (χ2v) is 9.39. The van der Waals surface area contributed by atoms with Crippen molar-refractivity contribution in [1.82, 2.24) is 4.98 Å². The van der Waals surface area contributed by atoms with Crippen molar-refractivity contribution in [2.75, 3.05) is 6.61 Å². The minimum Gasteiger partial charge on any atom is -0.487 e. The molecule has 5 heteroatoms. The second-order valence-electron chi connectivity index (χ2n) is 9.39. The number of aromatic nitrogens is 1. The van der Waals surface area contributed by atoms with Gasteiger partial charge in [0, 0.05) is 5.39 Å². The van der Waals surface area contributed by atoms with E-state index in [1.165, 1.54) is 0 Å². The molecule has 5 rings (SSSR count). The van der Waals surface area contributed by atoms with Crippen LogP contribution in [0.4, 0.5) is 0 Å². The summed E-state index contributed by atoms with van der Waals surface area (Å²) in [4.78, 5) is 18.1. The predicted octanol–water partition coefficient (Wildman–Crippen LogP) is 6.36. The number of esters is 1. The number of benzene rings is 3. The Labute approximate surface area is 211 Å². The maximum Gasteiger partial charge on any atom is 0.314 e. The lowest BCUT2D eigenvalue weighted by Gasteiger charge is -2.25. The molecule has 3 aromatic carbocycles. The molecule has 1 aliphatic rings. The number of carbonyl (C=O) groups excluding carboxylic acids is 1. The van der Waals surface area contributed by atoms with Gasteiger partial charge in [0.25, 0.3) is 0 Å². The smallest absolute Gasteiger partial charge is 0.314 e. The summed E-state index contributed by atoms with van der Waals surface area (Å²) in [5.74, 6) is 0.325. The molecule has 1 heterocycles. The Bertz CT molecular complexity index is 1280. The van der Waals surface area contributed by atoms with E-state index in [9.17, 15) is 9.90 Å². The van der Waals surface area contributed by atoms with Crippen LogP contribution in [0.25, 0.3) is 10.9 Å². The monoisotopic (exact) mass is 481 g/mol. The normalized spacial score (nSPS) is 15.5. The number of rotatable bonds is 9. The van der Waals surface area contributed by atoms with E-state index in [-0.39, 0.29) is 24.4 Å². The lowest BCUT2D eigenvalue weighted by atomic mass is 9.85. The van der Waals surface area contributed by atoms with E-state index in [0.717, 1.165) is 59.2 Å². The number of ether oxygens (including phenoxy) is 2. The molecule has 0 amide bonds. The topological polar surface area (TPSA) is 68.7 Å². The lowest BCUT2D eigenvalue weighted by molar-refractivity contribution is -0.155. The molecular weight excluding hydrogens is 450 g/mol. The first-order valence-corrected chi connectivity index (χ1v) is 12.6. The van der Waals surface area contributed by atoms with Crippen LogP contribution in [0.2, 0.25) is 0 Å². The number of aliphatic hydroxyl groups is 1. The minimum atomic E-state index is -0.667. The fourth-order valence-corrected chi connectivity index (χ4v) is 5.10. The Kier molecular flexibility index (Phi) is 7.58. The molecular formula is C31H31NO4. The van der Waals surface area contributed by atoms with E-state index in [4.69, 9.17) is 9.47 Å². The highest BCUT2D eigenvalue weighted by Gasteiger charge is 2.34. The van der Waals surface area contributed by atoms with Gasteiger partial charge in [-0.15, -0.1) is 0 Å². The molecule has 1 aliphatic carbocycles. The summed E-state index contributed by atoms with van der Waals surface area (Å²) in [6, 6.07) is 29.2. The summed E-state index contributed by atoms with van der Waals surface area (Å²) in [5.41, 5.74) is 3.53. The van der Waals surface area contributed by atoms with Gasteiger partial charge in [-0.1, -0.05) is 79.6 Å². The zero-order valence-electron chi connectivity index (χ0n) is 20.3. The van der Waals surface area contributed by atoms with Crippen molar-refractivity contribution in [2.45, 2.75) is 44.3 Å². The maximum absolute atomic E-state index is 13.4. The summed E-state index contributed by atoms with van der Waals surface area (Å²) in [6.45, 7) is 0.121. The molecule has 0 radical (unpaired) electrons. The summed E-state index contributed by atoms with van der Waals surface area (Å²) in [7, 11) is 0. The maximum atomic E-state index is 13.4. The zero-order chi connectivity index (χ0) is 24.7. The third-order valence-corrected chi connectivity index (χ3v) is 7.00. The van der Waals surface area contributed by atoms with Crippen LogP contribution in [0.3, 0.4) is 0 Å². The number of para-hydroxylation sites is 1. The van der Waals surface area contributed by atoms with Gasteiger partial charge >= 0.3 is 5.97 Å². The van der Waals surface area contributed by atoms with Crippen molar-refractivity contribution < 1.29 is 19.4 Å².